The quantitative estimate of drug-likeness (QED) is 0.280. The van der Waals surface area contributed by atoms with E-state index >= 15 is 0 Å². The number of hydrogen-bond donors (Lipinski definition) is 2. The highest BCUT2D eigenvalue weighted by Crippen LogP contribution is 2.68. The van der Waals surface area contributed by atoms with Gasteiger partial charge in [0.15, 0.2) is 0 Å². The molecule has 0 aliphatic heterocycles. The van der Waals surface area contributed by atoms with Crippen LogP contribution in [0.15, 0.2) is 36.4 Å². The van der Waals surface area contributed by atoms with Crippen LogP contribution in [-0.2, 0) is 27.6 Å². The first kappa shape index (κ1) is 28.4. The van der Waals surface area contributed by atoms with Gasteiger partial charge in [0.25, 0.3) is 0 Å². The zero-order valence-electron chi connectivity index (χ0n) is 23.7. The summed E-state index contributed by atoms with van der Waals surface area (Å²) in [4.78, 5) is 32.7. The zero-order chi connectivity index (χ0) is 28.4. The number of phosphoric ester groups is 1. The van der Waals surface area contributed by atoms with Gasteiger partial charge in [-0.2, -0.15) is 0 Å². The Hall–Kier alpha value is -2.18. The Balaban J connectivity index is 1.31. The lowest BCUT2D eigenvalue weighted by molar-refractivity contribution is -0.211. The number of carbonyl (C=O) groups excluding carboxylic acids is 1. The van der Waals surface area contributed by atoms with E-state index in [1.807, 2.05) is 6.07 Å². The summed E-state index contributed by atoms with van der Waals surface area (Å²) in [5.41, 5.74) is 11.7. The number of aryl methyl sites for hydroxylation is 1. The van der Waals surface area contributed by atoms with Gasteiger partial charge < -0.3 is 24.8 Å². The van der Waals surface area contributed by atoms with Crippen LogP contribution in [0.25, 0.3) is 0 Å². The topological polar surface area (TPSA) is 122 Å². The van der Waals surface area contributed by atoms with Gasteiger partial charge in [-0.25, -0.2) is 4.79 Å². The van der Waals surface area contributed by atoms with Crippen molar-refractivity contribution in [3.05, 3.63) is 58.7 Å². The highest BCUT2D eigenvalue weighted by atomic mass is 31.2. The lowest BCUT2D eigenvalue weighted by atomic mass is 9.43. The molecule has 5 rings (SSSR count). The Bertz CT molecular complexity index is 1320. The Morgan fingerprint density at radius 3 is 2.46 bits per heavy atom. The number of rotatable bonds is 6. The summed E-state index contributed by atoms with van der Waals surface area (Å²) in [5, 5.41) is 0. The van der Waals surface area contributed by atoms with Crippen molar-refractivity contribution in [1.29, 1.82) is 0 Å². The van der Waals surface area contributed by atoms with E-state index in [1.165, 1.54) is 60.9 Å². The fraction of sp³-hybridized carbons (Fsp3) is 0.581. The smallest absolute Gasteiger partial charge is 0.328 e. The van der Waals surface area contributed by atoms with E-state index in [0.29, 0.717) is 28.1 Å². The fourth-order valence-corrected chi connectivity index (χ4v) is 9.23. The number of phosphoric acid groups is 1. The maximum Gasteiger partial charge on any atom is 0.328 e. The van der Waals surface area contributed by atoms with Crippen molar-refractivity contribution in [2.45, 2.75) is 91.0 Å². The molecule has 2 aromatic rings. The van der Waals surface area contributed by atoms with Crippen LogP contribution in [0, 0.1) is 29.6 Å². The van der Waals surface area contributed by atoms with Crippen LogP contribution in [-0.4, -0.2) is 16.9 Å². The van der Waals surface area contributed by atoms with Crippen molar-refractivity contribution in [1.82, 2.24) is 0 Å². The molecule has 0 saturated heterocycles. The second-order valence-electron chi connectivity index (χ2n) is 13.3. The lowest BCUT2D eigenvalue weighted by Crippen LogP contribution is -2.55. The predicted molar refractivity (Wildman–Crippen MR) is 148 cm³/mol. The number of hydrogen-bond acceptors (Lipinski definition) is 6. The summed E-state index contributed by atoms with van der Waals surface area (Å²) in [6, 6.07) is 9.15. The molecule has 3 N–H and O–H groups in total. The Kier molecular flexibility index (Phi) is 7.07. The van der Waals surface area contributed by atoms with Crippen molar-refractivity contribution in [2.75, 3.05) is 0 Å². The maximum atomic E-state index is 12.9. The van der Waals surface area contributed by atoms with Crippen LogP contribution < -0.4 is 19.9 Å². The Morgan fingerprint density at radius 2 is 1.79 bits per heavy atom. The maximum absolute atomic E-state index is 12.9. The molecule has 3 aliphatic carbocycles. The van der Waals surface area contributed by atoms with E-state index in [-0.39, 0.29) is 17.6 Å². The molecule has 39 heavy (non-hydrogen) atoms. The highest BCUT2D eigenvalue weighted by molar-refractivity contribution is 7.45. The van der Waals surface area contributed by atoms with Gasteiger partial charge in [0.2, 0.25) is 0 Å². The van der Waals surface area contributed by atoms with Gasteiger partial charge >= 0.3 is 13.8 Å². The molecule has 0 spiro atoms. The molecular weight excluding hydrogens is 513 g/mol. The third kappa shape index (κ3) is 5.19. The first-order valence-electron chi connectivity index (χ1n) is 14.1. The van der Waals surface area contributed by atoms with Gasteiger partial charge in [0.1, 0.15) is 17.5 Å². The molecule has 2 aromatic carbocycles. The van der Waals surface area contributed by atoms with Gasteiger partial charge in [0.05, 0.1) is 0 Å². The molecule has 212 valence electrons. The van der Waals surface area contributed by atoms with E-state index in [0.717, 1.165) is 12.3 Å². The van der Waals surface area contributed by atoms with Crippen LogP contribution >= 0.6 is 7.82 Å². The monoisotopic (exact) mass is 554 g/mol. The van der Waals surface area contributed by atoms with Crippen LogP contribution in [0.3, 0.4) is 0 Å². The molecule has 5 unspecified atom stereocenters. The van der Waals surface area contributed by atoms with Gasteiger partial charge in [-0.1, -0.05) is 46.2 Å². The van der Waals surface area contributed by atoms with E-state index in [2.05, 4.69) is 45.2 Å². The van der Waals surface area contributed by atoms with Gasteiger partial charge in [-0.15, -0.1) is 0 Å². The molecule has 0 bridgehead atoms. The summed E-state index contributed by atoms with van der Waals surface area (Å²) in [6.07, 6.45) is 7.59. The third-order valence-corrected chi connectivity index (χ3v) is 10.7. The minimum Gasteiger partial charge on any atom is -0.746 e. The summed E-state index contributed by atoms with van der Waals surface area (Å²) in [7, 11) is -4.87. The molecule has 2 saturated carbocycles. The van der Waals surface area contributed by atoms with Crippen LogP contribution in [0.2, 0.25) is 0 Å². The minimum absolute atomic E-state index is 0.0180. The van der Waals surface area contributed by atoms with Crippen molar-refractivity contribution >= 4 is 13.8 Å². The SMILES string of the molecule is Cc1cc(OC(=O)C(N)Cc2ccc(OP(=O)([O-])O)cc2)cc2c1C1(C)CCC3C(C)(C)CCCC3(C)[C@H]1C2. The molecular formula is C31H41NO6P-. The van der Waals surface area contributed by atoms with Crippen molar-refractivity contribution in [2.24, 2.45) is 28.4 Å². The van der Waals surface area contributed by atoms with E-state index in [9.17, 15) is 14.3 Å². The highest BCUT2D eigenvalue weighted by Gasteiger charge is 2.61. The number of esters is 1. The van der Waals surface area contributed by atoms with Crippen LogP contribution in [0.1, 0.15) is 82.1 Å². The van der Waals surface area contributed by atoms with Crippen LogP contribution in [0.4, 0.5) is 0 Å². The van der Waals surface area contributed by atoms with E-state index in [1.54, 1.807) is 12.1 Å². The molecule has 7 nitrogen and oxygen atoms in total. The zero-order valence-corrected chi connectivity index (χ0v) is 24.6. The predicted octanol–water partition coefficient (Wildman–Crippen LogP) is 5.37. The van der Waals surface area contributed by atoms with Gasteiger partial charge in [0, 0.05) is 0 Å². The van der Waals surface area contributed by atoms with Crippen molar-refractivity contribution in [3.8, 4) is 11.5 Å². The summed E-state index contributed by atoms with van der Waals surface area (Å²) < 4.78 is 21.1. The average Bonchev–Trinajstić information content (AvgIpc) is 3.13. The Labute approximate surface area is 231 Å². The van der Waals surface area contributed by atoms with E-state index < -0.39 is 19.8 Å². The van der Waals surface area contributed by atoms with Crippen molar-refractivity contribution < 1.29 is 28.4 Å². The Morgan fingerprint density at radius 1 is 1.10 bits per heavy atom. The summed E-state index contributed by atoms with van der Waals surface area (Å²) in [5.74, 6) is 1.32. The number of carbonyl (C=O) groups is 1. The largest absolute Gasteiger partial charge is 0.746 e. The number of benzene rings is 2. The molecule has 0 amide bonds. The molecule has 3 aliphatic rings. The van der Waals surface area contributed by atoms with Gasteiger partial charge in [-0.3, -0.25) is 4.57 Å². The second kappa shape index (κ2) is 9.73. The molecule has 0 heterocycles. The molecule has 0 aromatic heterocycles. The average molecular weight is 555 g/mol. The van der Waals surface area contributed by atoms with Crippen molar-refractivity contribution in [3.63, 3.8) is 0 Å². The summed E-state index contributed by atoms with van der Waals surface area (Å²) >= 11 is 0. The molecule has 8 heteroatoms. The standard InChI is InChI=1S/C31H42NO6P/c1-19-15-23(37-28(33)24(32)16-20-7-9-22(10-8-20)38-39(34,35)36)17-21-18-26-30(4)13-6-12-29(2,3)25(30)11-14-31(26,5)27(19)21/h7-10,15,17,24-26H,6,11-14,16,18,32H2,1-5H3,(H2,34,35,36)/p-1/t24?,25?,26-,30?,31?/m1/s1. The number of nitrogens with two attached hydrogens (primary N) is 1. The molecule has 2 fully saturated rings. The first-order valence-corrected chi connectivity index (χ1v) is 15.6. The normalized spacial score (nSPS) is 31.3. The fourth-order valence-electron chi connectivity index (χ4n) is 8.84. The number of ether oxygens (including phenoxy) is 1. The molecule has 6 atom stereocenters. The van der Waals surface area contributed by atoms with Crippen LogP contribution in [0.5, 0.6) is 11.5 Å². The molecule has 0 radical (unpaired) electrons. The second-order valence-corrected chi connectivity index (χ2v) is 14.4. The summed E-state index contributed by atoms with van der Waals surface area (Å²) in [6.45, 7) is 12.1. The first-order chi connectivity index (χ1) is 18.1. The number of fused-ring (bicyclic) bond motifs is 5. The third-order valence-electron chi connectivity index (χ3n) is 10.3. The van der Waals surface area contributed by atoms with Gasteiger partial charge in [-0.05, 0) is 120 Å². The minimum atomic E-state index is -4.87. The van der Waals surface area contributed by atoms with E-state index in [4.69, 9.17) is 15.4 Å². The lowest BCUT2D eigenvalue weighted by Gasteiger charge is -2.61.